The molecule has 0 saturated heterocycles. The van der Waals surface area contributed by atoms with Crippen LogP contribution in [0.3, 0.4) is 0 Å². The number of nitrogens with zero attached hydrogens (tertiary/aromatic N) is 2. The lowest BCUT2D eigenvalue weighted by Crippen LogP contribution is -2.19. The molecule has 1 aromatic heterocycles. The Labute approximate surface area is 140 Å². The van der Waals surface area contributed by atoms with Crippen LogP contribution in [0.4, 0.5) is 5.82 Å². The predicted molar refractivity (Wildman–Crippen MR) is 97.8 cm³/mol. The van der Waals surface area contributed by atoms with Crippen LogP contribution in [0.15, 0.2) is 24.3 Å². The van der Waals surface area contributed by atoms with Gasteiger partial charge in [-0.3, -0.25) is 0 Å². The first-order chi connectivity index (χ1) is 9.84. The van der Waals surface area contributed by atoms with Crippen molar-refractivity contribution in [2.24, 2.45) is 0 Å². The van der Waals surface area contributed by atoms with E-state index in [0.717, 1.165) is 33.0 Å². The molecule has 1 N–H and O–H groups in total. The molecule has 0 amide bonds. The van der Waals surface area contributed by atoms with Crippen LogP contribution < -0.4 is 5.32 Å². The molecular weight excluding hydrogens is 373 g/mol. The van der Waals surface area contributed by atoms with E-state index >= 15 is 0 Å². The maximum atomic E-state index is 4.86. The number of nitrogens with one attached hydrogen (secondary N) is 1. The Morgan fingerprint density at radius 1 is 1.14 bits per heavy atom. The Morgan fingerprint density at radius 3 is 2.38 bits per heavy atom. The lowest BCUT2D eigenvalue weighted by atomic mass is 9.91. The van der Waals surface area contributed by atoms with Crippen molar-refractivity contribution in [3.05, 3.63) is 39.1 Å². The lowest BCUT2D eigenvalue weighted by molar-refractivity contribution is 0.564. The van der Waals surface area contributed by atoms with Crippen molar-refractivity contribution in [3.8, 4) is 11.4 Å². The monoisotopic (exact) mass is 395 g/mol. The van der Waals surface area contributed by atoms with Crippen molar-refractivity contribution in [3.63, 3.8) is 0 Å². The Kier molecular flexibility index (Phi) is 4.86. The quantitative estimate of drug-likeness (QED) is 0.760. The van der Waals surface area contributed by atoms with Crippen molar-refractivity contribution < 1.29 is 0 Å². The maximum Gasteiger partial charge on any atom is 0.162 e. The normalized spacial score (nSPS) is 11.5. The number of rotatable bonds is 3. The third kappa shape index (κ3) is 3.54. The maximum absolute atomic E-state index is 4.86. The van der Waals surface area contributed by atoms with Crippen LogP contribution >= 0.6 is 22.6 Å². The van der Waals surface area contributed by atoms with E-state index in [1.807, 2.05) is 12.1 Å². The average Bonchev–Trinajstić information content (AvgIpc) is 2.41. The van der Waals surface area contributed by atoms with E-state index < -0.39 is 0 Å². The number of hydrogen-bond donors (Lipinski definition) is 1. The summed E-state index contributed by atoms with van der Waals surface area (Å²) in [5.41, 5.74) is 3.37. The van der Waals surface area contributed by atoms with Gasteiger partial charge in [-0.25, -0.2) is 9.97 Å². The minimum absolute atomic E-state index is 0.0128. The molecule has 0 unspecified atom stereocenters. The van der Waals surface area contributed by atoms with E-state index in [0.29, 0.717) is 0 Å². The molecule has 3 nitrogen and oxygen atoms in total. The Balaban J connectivity index is 2.68. The molecule has 0 radical (unpaired) electrons. The average molecular weight is 395 g/mol. The molecule has 0 atom stereocenters. The zero-order valence-electron chi connectivity index (χ0n) is 13.3. The Morgan fingerprint density at radius 2 is 1.81 bits per heavy atom. The highest BCUT2D eigenvalue weighted by molar-refractivity contribution is 14.1. The smallest absolute Gasteiger partial charge is 0.162 e. The van der Waals surface area contributed by atoms with Gasteiger partial charge in [-0.05, 0) is 42.0 Å². The van der Waals surface area contributed by atoms with E-state index in [4.69, 9.17) is 9.97 Å². The molecule has 2 rings (SSSR count). The molecule has 4 heteroatoms. The van der Waals surface area contributed by atoms with Gasteiger partial charge in [0.1, 0.15) is 5.82 Å². The van der Waals surface area contributed by atoms with Crippen LogP contribution in [0.1, 0.15) is 39.0 Å². The second kappa shape index (κ2) is 6.30. The number of benzene rings is 1. The minimum Gasteiger partial charge on any atom is -0.369 e. The minimum atomic E-state index is -0.0128. The lowest BCUT2D eigenvalue weighted by Gasteiger charge is -2.22. The van der Waals surface area contributed by atoms with Gasteiger partial charge in [-0.1, -0.05) is 45.0 Å². The van der Waals surface area contributed by atoms with Crippen LogP contribution in [-0.4, -0.2) is 16.5 Å². The van der Waals surface area contributed by atoms with Gasteiger partial charge in [-0.15, -0.1) is 0 Å². The van der Waals surface area contributed by atoms with Crippen molar-refractivity contribution in [2.75, 3.05) is 11.9 Å². The van der Waals surface area contributed by atoms with E-state index in [-0.39, 0.29) is 5.41 Å². The number of anilines is 1. The zero-order chi connectivity index (χ0) is 15.6. The third-order valence-electron chi connectivity index (χ3n) is 3.29. The van der Waals surface area contributed by atoms with Crippen LogP contribution in [0.2, 0.25) is 0 Å². The van der Waals surface area contributed by atoms with E-state index in [1.54, 1.807) is 0 Å². The molecule has 0 fully saturated rings. The second-order valence-electron chi connectivity index (χ2n) is 6.15. The van der Waals surface area contributed by atoms with Gasteiger partial charge in [0.05, 0.1) is 9.26 Å². The van der Waals surface area contributed by atoms with E-state index in [2.05, 4.69) is 74.7 Å². The highest BCUT2D eigenvalue weighted by Gasteiger charge is 2.23. The number of aryl methyl sites for hydroxylation is 1. The molecule has 1 heterocycles. The largest absolute Gasteiger partial charge is 0.369 e. The van der Waals surface area contributed by atoms with Crippen molar-refractivity contribution in [1.82, 2.24) is 9.97 Å². The summed E-state index contributed by atoms with van der Waals surface area (Å²) in [5.74, 6) is 1.73. The first-order valence-electron chi connectivity index (χ1n) is 7.22. The van der Waals surface area contributed by atoms with E-state index in [1.165, 1.54) is 5.56 Å². The summed E-state index contributed by atoms with van der Waals surface area (Å²) in [6.45, 7) is 11.6. The highest BCUT2D eigenvalue weighted by atomic mass is 127. The van der Waals surface area contributed by atoms with Gasteiger partial charge in [0.15, 0.2) is 5.82 Å². The van der Waals surface area contributed by atoms with Crippen molar-refractivity contribution in [2.45, 2.75) is 40.0 Å². The molecule has 0 aliphatic carbocycles. The molecule has 0 spiro atoms. The van der Waals surface area contributed by atoms with Gasteiger partial charge >= 0.3 is 0 Å². The summed E-state index contributed by atoms with van der Waals surface area (Å²) in [6, 6.07) is 8.26. The zero-order valence-corrected chi connectivity index (χ0v) is 15.4. The summed E-state index contributed by atoms with van der Waals surface area (Å²) < 4.78 is 1.11. The van der Waals surface area contributed by atoms with Gasteiger partial charge in [0.25, 0.3) is 0 Å². The van der Waals surface area contributed by atoms with Crippen LogP contribution in [0, 0.1) is 10.5 Å². The molecule has 1 aromatic carbocycles. The van der Waals surface area contributed by atoms with Crippen molar-refractivity contribution in [1.29, 1.82) is 0 Å². The molecule has 0 saturated carbocycles. The molecule has 2 aromatic rings. The Bertz CT molecular complexity index is 645. The summed E-state index contributed by atoms with van der Waals surface area (Å²) in [5, 5.41) is 3.36. The summed E-state index contributed by atoms with van der Waals surface area (Å²) in [4.78, 5) is 9.60. The van der Waals surface area contributed by atoms with Gasteiger partial charge < -0.3 is 5.32 Å². The SMILES string of the molecule is CCNc1nc(-c2ccccc2C)nc(C(C)(C)C)c1I. The molecular formula is C17H22IN3. The number of aromatic nitrogens is 2. The first-order valence-corrected chi connectivity index (χ1v) is 8.30. The number of halogens is 1. The fourth-order valence-electron chi connectivity index (χ4n) is 2.17. The first kappa shape index (κ1) is 16.2. The third-order valence-corrected chi connectivity index (χ3v) is 4.31. The summed E-state index contributed by atoms with van der Waals surface area (Å²) >= 11 is 2.35. The Hall–Kier alpha value is -1.17. The fourth-order valence-corrected chi connectivity index (χ4v) is 3.41. The number of hydrogen-bond acceptors (Lipinski definition) is 3. The summed E-state index contributed by atoms with van der Waals surface area (Å²) in [7, 11) is 0. The van der Waals surface area contributed by atoms with Gasteiger partial charge in [0, 0.05) is 17.5 Å². The highest BCUT2D eigenvalue weighted by Crippen LogP contribution is 2.32. The second-order valence-corrected chi connectivity index (χ2v) is 7.23. The van der Waals surface area contributed by atoms with Crippen LogP contribution in [-0.2, 0) is 5.41 Å². The van der Waals surface area contributed by atoms with E-state index in [9.17, 15) is 0 Å². The van der Waals surface area contributed by atoms with Crippen LogP contribution in [0.5, 0.6) is 0 Å². The standard InChI is InChI=1S/C17H22IN3/c1-6-19-16-13(18)14(17(3,4)5)20-15(21-16)12-10-8-7-9-11(12)2/h7-10H,6H2,1-5H3,(H,19,20,21). The van der Waals surface area contributed by atoms with Crippen molar-refractivity contribution >= 4 is 28.4 Å². The molecule has 0 bridgehead atoms. The van der Waals surface area contributed by atoms with Gasteiger partial charge in [0.2, 0.25) is 0 Å². The molecule has 0 aliphatic heterocycles. The van der Waals surface area contributed by atoms with Gasteiger partial charge in [-0.2, -0.15) is 0 Å². The summed E-state index contributed by atoms with van der Waals surface area (Å²) in [6.07, 6.45) is 0. The topological polar surface area (TPSA) is 37.8 Å². The fraction of sp³-hybridized carbons (Fsp3) is 0.412. The molecule has 0 aliphatic rings. The molecule has 21 heavy (non-hydrogen) atoms. The predicted octanol–water partition coefficient (Wildman–Crippen LogP) is 4.79. The van der Waals surface area contributed by atoms with Crippen LogP contribution in [0.25, 0.3) is 11.4 Å². The molecule has 112 valence electrons.